The van der Waals surface area contributed by atoms with Crippen molar-refractivity contribution in [2.75, 3.05) is 13.1 Å². The number of aliphatic hydroxyl groups excluding tert-OH is 1. The maximum atomic E-state index is 12.8. The Kier molecular flexibility index (Phi) is 3.79. The summed E-state index contributed by atoms with van der Waals surface area (Å²) in [5.41, 5.74) is 2.58. The number of piperidine rings is 1. The minimum absolute atomic E-state index is 0.0655. The number of aromatic nitrogens is 3. The van der Waals surface area contributed by atoms with E-state index >= 15 is 0 Å². The molecule has 6 heteroatoms. The van der Waals surface area contributed by atoms with Crippen LogP contribution < -0.4 is 0 Å². The van der Waals surface area contributed by atoms with E-state index in [4.69, 9.17) is 0 Å². The van der Waals surface area contributed by atoms with Gasteiger partial charge in [-0.25, -0.2) is 4.98 Å². The quantitative estimate of drug-likeness (QED) is 0.842. The van der Waals surface area contributed by atoms with Crippen molar-refractivity contribution in [1.29, 1.82) is 0 Å². The maximum absolute atomic E-state index is 12.8. The van der Waals surface area contributed by atoms with Crippen molar-refractivity contribution >= 4 is 16.9 Å². The zero-order chi connectivity index (χ0) is 16.7. The van der Waals surface area contributed by atoms with Gasteiger partial charge in [0.1, 0.15) is 0 Å². The number of H-pyrrole nitrogens is 1. The molecule has 1 saturated heterocycles. The molecular formula is C18H24N4O2. The van der Waals surface area contributed by atoms with Crippen LogP contribution in [0.1, 0.15) is 54.6 Å². The van der Waals surface area contributed by atoms with E-state index < -0.39 is 0 Å². The Balaban J connectivity index is 1.46. The summed E-state index contributed by atoms with van der Waals surface area (Å²) < 4.78 is 0. The number of pyridine rings is 1. The third kappa shape index (κ3) is 2.69. The first-order valence-electron chi connectivity index (χ1n) is 8.84. The van der Waals surface area contributed by atoms with Gasteiger partial charge in [-0.3, -0.25) is 9.89 Å². The second kappa shape index (κ2) is 5.84. The Labute approximate surface area is 141 Å². The number of fused-ring (bicyclic) bond motifs is 1. The third-order valence-electron chi connectivity index (χ3n) is 5.97. The van der Waals surface area contributed by atoms with E-state index in [9.17, 15) is 9.90 Å². The van der Waals surface area contributed by atoms with Crippen LogP contribution in [-0.4, -0.2) is 50.3 Å². The molecule has 128 valence electrons. The number of carbonyl (C=O) groups excluding carboxylic acids is 1. The fraction of sp³-hybridized carbons (Fsp3) is 0.611. The Morgan fingerprint density at radius 2 is 2.00 bits per heavy atom. The molecule has 2 aromatic rings. The molecule has 1 aliphatic carbocycles. The second-order valence-corrected chi connectivity index (χ2v) is 7.47. The van der Waals surface area contributed by atoms with Crippen molar-refractivity contribution in [3.8, 4) is 0 Å². The minimum atomic E-state index is -0.119. The van der Waals surface area contributed by atoms with Crippen LogP contribution in [0.4, 0.5) is 0 Å². The summed E-state index contributed by atoms with van der Waals surface area (Å²) in [6, 6.07) is 1.89. The van der Waals surface area contributed by atoms with Crippen LogP contribution in [0.15, 0.2) is 12.3 Å². The van der Waals surface area contributed by atoms with Crippen molar-refractivity contribution in [2.45, 2.75) is 51.6 Å². The van der Waals surface area contributed by atoms with E-state index in [1.165, 1.54) is 0 Å². The fourth-order valence-electron chi connectivity index (χ4n) is 4.22. The van der Waals surface area contributed by atoms with Gasteiger partial charge in [0.25, 0.3) is 5.91 Å². The normalized spacial score (nSPS) is 21.5. The smallest absolute Gasteiger partial charge is 0.255 e. The van der Waals surface area contributed by atoms with Crippen molar-refractivity contribution in [2.24, 2.45) is 5.41 Å². The standard InChI is InChI=1S/C18H24N4O2/c1-12-15-10-13(11-19-16(15)21-20-12)17(24)22-8-6-18(7-9-22)4-2-14(23)3-5-18/h10-11,14,23H,2-9H2,1H3,(H,19,20,21). The lowest BCUT2D eigenvalue weighted by molar-refractivity contribution is 0.0168. The van der Waals surface area contributed by atoms with Gasteiger partial charge in [-0.05, 0) is 56.9 Å². The number of amides is 1. The maximum Gasteiger partial charge on any atom is 0.255 e. The molecule has 0 bridgehead atoms. The Bertz CT molecular complexity index is 751. The van der Waals surface area contributed by atoms with Crippen LogP contribution in [0.3, 0.4) is 0 Å². The number of hydrogen-bond acceptors (Lipinski definition) is 4. The lowest BCUT2D eigenvalue weighted by atomic mass is 9.67. The van der Waals surface area contributed by atoms with Gasteiger partial charge in [0.15, 0.2) is 5.65 Å². The molecule has 0 unspecified atom stereocenters. The van der Waals surface area contributed by atoms with Gasteiger partial charge in [-0.1, -0.05) is 0 Å². The van der Waals surface area contributed by atoms with Crippen LogP contribution in [0.2, 0.25) is 0 Å². The second-order valence-electron chi connectivity index (χ2n) is 7.47. The van der Waals surface area contributed by atoms with Crippen LogP contribution in [-0.2, 0) is 0 Å². The van der Waals surface area contributed by atoms with Gasteiger partial charge in [0, 0.05) is 30.4 Å². The van der Waals surface area contributed by atoms with Crippen molar-refractivity contribution in [3.63, 3.8) is 0 Å². The molecule has 24 heavy (non-hydrogen) atoms. The monoisotopic (exact) mass is 328 g/mol. The van der Waals surface area contributed by atoms with Crippen LogP contribution in [0.25, 0.3) is 11.0 Å². The summed E-state index contributed by atoms with van der Waals surface area (Å²) >= 11 is 0. The van der Waals surface area contributed by atoms with Crippen molar-refractivity contribution in [1.82, 2.24) is 20.1 Å². The van der Waals surface area contributed by atoms with E-state index in [1.807, 2.05) is 17.9 Å². The molecule has 1 spiro atoms. The van der Waals surface area contributed by atoms with E-state index in [0.717, 1.165) is 62.7 Å². The van der Waals surface area contributed by atoms with Crippen molar-refractivity contribution in [3.05, 3.63) is 23.5 Å². The third-order valence-corrected chi connectivity index (χ3v) is 5.97. The first-order valence-corrected chi connectivity index (χ1v) is 8.84. The Morgan fingerprint density at radius 3 is 2.71 bits per heavy atom. The zero-order valence-corrected chi connectivity index (χ0v) is 14.1. The molecule has 2 N–H and O–H groups in total. The lowest BCUT2D eigenvalue weighted by Crippen LogP contribution is -2.45. The minimum Gasteiger partial charge on any atom is -0.393 e. The van der Waals surface area contributed by atoms with Gasteiger partial charge < -0.3 is 10.0 Å². The lowest BCUT2D eigenvalue weighted by Gasteiger charge is -2.45. The number of hydrogen-bond donors (Lipinski definition) is 2. The Hall–Kier alpha value is -1.95. The van der Waals surface area contributed by atoms with Crippen LogP contribution in [0, 0.1) is 12.3 Å². The van der Waals surface area contributed by atoms with Gasteiger partial charge in [0.2, 0.25) is 0 Å². The molecule has 3 heterocycles. The van der Waals surface area contributed by atoms with E-state index in [1.54, 1.807) is 6.20 Å². The number of carbonyl (C=O) groups is 1. The molecule has 2 aromatic heterocycles. The number of rotatable bonds is 1. The summed E-state index contributed by atoms with van der Waals surface area (Å²) in [7, 11) is 0. The van der Waals surface area contributed by atoms with Gasteiger partial charge in [0.05, 0.1) is 11.7 Å². The number of nitrogens with zero attached hydrogens (tertiary/aromatic N) is 3. The van der Waals surface area contributed by atoms with E-state index in [2.05, 4.69) is 15.2 Å². The molecule has 1 aliphatic heterocycles. The average Bonchev–Trinajstić information content (AvgIpc) is 2.98. The highest BCUT2D eigenvalue weighted by molar-refractivity contribution is 5.97. The molecule has 1 amide bonds. The topological polar surface area (TPSA) is 82.1 Å². The molecular weight excluding hydrogens is 304 g/mol. The van der Waals surface area contributed by atoms with Gasteiger partial charge >= 0.3 is 0 Å². The molecule has 1 saturated carbocycles. The highest BCUT2D eigenvalue weighted by atomic mass is 16.3. The number of nitrogens with one attached hydrogen (secondary N) is 1. The summed E-state index contributed by atoms with van der Waals surface area (Å²) in [6.07, 6.45) is 7.62. The number of aryl methyl sites for hydroxylation is 1. The predicted molar refractivity (Wildman–Crippen MR) is 90.7 cm³/mol. The summed E-state index contributed by atoms with van der Waals surface area (Å²) in [4.78, 5) is 19.1. The molecule has 0 atom stereocenters. The number of likely N-dealkylation sites (tertiary alicyclic amines) is 1. The first kappa shape index (κ1) is 15.6. The molecule has 4 rings (SSSR count). The van der Waals surface area contributed by atoms with Crippen LogP contribution >= 0.6 is 0 Å². The molecule has 2 aliphatic rings. The van der Waals surface area contributed by atoms with E-state index in [0.29, 0.717) is 16.6 Å². The fourth-order valence-corrected chi connectivity index (χ4v) is 4.22. The molecule has 6 nitrogen and oxygen atoms in total. The molecule has 0 aromatic carbocycles. The van der Waals surface area contributed by atoms with Crippen LogP contribution in [0.5, 0.6) is 0 Å². The summed E-state index contributed by atoms with van der Waals surface area (Å²) in [5.74, 6) is 0.0655. The van der Waals surface area contributed by atoms with Gasteiger partial charge in [-0.2, -0.15) is 5.10 Å². The highest BCUT2D eigenvalue weighted by Gasteiger charge is 2.38. The average molecular weight is 328 g/mol. The van der Waals surface area contributed by atoms with E-state index in [-0.39, 0.29) is 12.0 Å². The number of aromatic amines is 1. The number of aliphatic hydroxyl groups is 1. The van der Waals surface area contributed by atoms with Crippen molar-refractivity contribution < 1.29 is 9.90 Å². The highest BCUT2D eigenvalue weighted by Crippen LogP contribution is 2.44. The SMILES string of the molecule is Cc1[nH]nc2ncc(C(=O)N3CCC4(CCC(O)CC4)CC3)cc12. The Morgan fingerprint density at radius 1 is 1.29 bits per heavy atom. The largest absolute Gasteiger partial charge is 0.393 e. The predicted octanol–water partition coefficient (Wildman–Crippen LogP) is 2.42. The van der Waals surface area contributed by atoms with Gasteiger partial charge in [-0.15, -0.1) is 0 Å². The zero-order valence-electron chi connectivity index (χ0n) is 14.1. The molecule has 0 radical (unpaired) electrons. The molecule has 2 fully saturated rings. The summed E-state index contributed by atoms with van der Waals surface area (Å²) in [6.45, 7) is 3.54. The summed E-state index contributed by atoms with van der Waals surface area (Å²) in [5, 5.41) is 17.7. The first-order chi connectivity index (χ1) is 11.6.